The molecule has 0 atom stereocenters. The minimum absolute atomic E-state index is 0.0687. The molecule has 1 saturated heterocycles. The van der Waals surface area contributed by atoms with Gasteiger partial charge >= 0.3 is 0 Å². The summed E-state index contributed by atoms with van der Waals surface area (Å²) >= 11 is 5.80. The van der Waals surface area contributed by atoms with Gasteiger partial charge in [0.15, 0.2) is 0 Å². The van der Waals surface area contributed by atoms with Crippen LogP contribution in [0.25, 0.3) is 0 Å². The molecule has 1 aliphatic heterocycles. The van der Waals surface area contributed by atoms with Crippen LogP contribution in [0.5, 0.6) is 0 Å². The highest BCUT2D eigenvalue weighted by atomic mass is 35.5. The Balaban J connectivity index is 1.74. The van der Waals surface area contributed by atoms with Crippen LogP contribution in [0.3, 0.4) is 0 Å². The number of carbonyl (C=O) groups excluding carboxylic acids is 2. The lowest BCUT2D eigenvalue weighted by atomic mass is 10.1. The van der Waals surface area contributed by atoms with Crippen molar-refractivity contribution in [2.45, 2.75) is 31.1 Å². The highest BCUT2D eigenvalue weighted by molar-refractivity contribution is 7.89. The van der Waals surface area contributed by atoms with E-state index in [4.69, 9.17) is 11.6 Å². The highest BCUT2D eigenvalue weighted by Gasteiger charge is 2.27. The lowest BCUT2D eigenvalue weighted by Crippen LogP contribution is -2.42. The van der Waals surface area contributed by atoms with Crippen LogP contribution in [-0.4, -0.2) is 37.6 Å². The monoisotopic (exact) mass is 435 g/mol. The number of carbonyl (C=O) groups is 2. The van der Waals surface area contributed by atoms with Crippen LogP contribution in [0.15, 0.2) is 47.4 Å². The van der Waals surface area contributed by atoms with Gasteiger partial charge in [0.25, 0.3) is 11.8 Å². The van der Waals surface area contributed by atoms with E-state index in [1.807, 2.05) is 0 Å². The molecule has 0 aliphatic carbocycles. The van der Waals surface area contributed by atoms with Crippen molar-refractivity contribution in [1.29, 1.82) is 0 Å². The third-order valence-corrected chi connectivity index (χ3v) is 6.95. The number of halogens is 1. The number of amides is 2. The number of aryl methyl sites for hydroxylation is 1. The van der Waals surface area contributed by atoms with Crippen molar-refractivity contribution >= 4 is 33.4 Å². The van der Waals surface area contributed by atoms with Crippen molar-refractivity contribution in [2.24, 2.45) is 0 Å². The number of rotatable bonds is 4. The van der Waals surface area contributed by atoms with Gasteiger partial charge in [-0.3, -0.25) is 20.4 Å². The molecule has 0 aromatic heterocycles. The molecule has 0 unspecified atom stereocenters. The first-order valence-corrected chi connectivity index (χ1v) is 11.1. The molecule has 9 heteroatoms. The Bertz CT molecular complexity index is 1020. The largest absolute Gasteiger partial charge is 0.270 e. The van der Waals surface area contributed by atoms with Crippen molar-refractivity contribution in [3.63, 3.8) is 0 Å². The smallest absolute Gasteiger partial charge is 0.267 e. The maximum Gasteiger partial charge on any atom is 0.270 e. The Kier molecular flexibility index (Phi) is 6.56. The zero-order chi connectivity index (χ0) is 21.0. The minimum Gasteiger partial charge on any atom is -0.267 e. The molecular formula is C20H22ClN3O4S. The fourth-order valence-electron chi connectivity index (χ4n) is 3.11. The van der Waals surface area contributed by atoms with Crippen LogP contribution in [0.4, 0.5) is 0 Å². The van der Waals surface area contributed by atoms with Gasteiger partial charge in [-0.15, -0.1) is 0 Å². The van der Waals surface area contributed by atoms with Crippen LogP contribution in [-0.2, 0) is 10.0 Å². The first-order valence-electron chi connectivity index (χ1n) is 9.26. The summed E-state index contributed by atoms with van der Waals surface area (Å²) in [5, 5.41) is 0.493. The van der Waals surface area contributed by atoms with E-state index in [1.54, 1.807) is 25.1 Å². The quantitative estimate of drug-likeness (QED) is 0.722. The summed E-state index contributed by atoms with van der Waals surface area (Å²) in [6.07, 6.45) is 2.67. The van der Waals surface area contributed by atoms with E-state index in [2.05, 4.69) is 10.9 Å². The average Bonchev–Trinajstić information content (AvgIpc) is 2.73. The van der Waals surface area contributed by atoms with Gasteiger partial charge in [-0.2, -0.15) is 4.31 Å². The van der Waals surface area contributed by atoms with Crippen LogP contribution in [0.2, 0.25) is 5.02 Å². The molecule has 3 rings (SSSR count). The number of hydrogen-bond acceptors (Lipinski definition) is 4. The summed E-state index contributed by atoms with van der Waals surface area (Å²) in [6, 6.07) is 10.6. The normalized spacial score (nSPS) is 15.0. The van der Waals surface area contributed by atoms with Crippen molar-refractivity contribution in [1.82, 2.24) is 15.2 Å². The van der Waals surface area contributed by atoms with Crippen LogP contribution < -0.4 is 10.9 Å². The Morgan fingerprint density at radius 2 is 1.55 bits per heavy atom. The summed E-state index contributed by atoms with van der Waals surface area (Å²) in [5.74, 6) is -1.11. The summed E-state index contributed by atoms with van der Waals surface area (Å²) in [6.45, 7) is 2.66. The lowest BCUT2D eigenvalue weighted by molar-refractivity contribution is 0.0846. The summed E-state index contributed by atoms with van der Waals surface area (Å²) in [4.78, 5) is 24.8. The van der Waals surface area contributed by atoms with Crippen molar-refractivity contribution in [2.75, 3.05) is 13.1 Å². The van der Waals surface area contributed by atoms with Gasteiger partial charge in [0, 0.05) is 29.2 Å². The molecule has 7 nitrogen and oxygen atoms in total. The molecule has 0 radical (unpaired) electrons. The number of hydrazine groups is 1. The predicted molar refractivity (Wildman–Crippen MR) is 110 cm³/mol. The van der Waals surface area contributed by atoms with Crippen LogP contribution in [0.1, 0.15) is 45.5 Å². The SMILES string of the molecule is Cc1ccc(S(=O)(=O)N2CCCCC2)cc1C(=O)NNC(=O)c1ccc(Cl)cc1. The molecule has 154 valence electrons. The predicted octanol–water partition coefficient (Wildman–Crippen LogP) is 2.90. The number of hydrogen-bond donors (Lipinski definition) is 2. The molecule has 2 aromatic carbocycles. The molecule has 2 N–H and O–H groups in total. The Morgan fingerprint density at radius 1 is 0.931 bits per heavy atom. The zero-order valence-corrected chi connectivity index (χ0v) is 17.5. The number of piperidine rings is 1. The number of benzene rings is 2. The topological polar surface area (TPSA) is 95.6 Å². The first kappa shape index (κ1) is 21.3. The second-order valence-electron chi connectivity index (χ2n) is 6.86. The molecule has 0 bridgehead atoms. The average molecular weight is 436 g/mol. The second kappa shape index (κ2) is 8.94. The number of nitrogens with zero attached hydrogens (tertiary/aromatic N) is 1. The van der Waals surface area contributed by atoms with E-state index >= 15 is 0 Å². The molecule has 0 saturated carbocycles. The number of sulfonamides is 1. The summed E-state index contributed by atoms with van der Waals surface area (Å²) in [5.41, 5.74) is 5.76. The van der Waals surface area contributed by atoms with E-state index in [9.17, 15) is 18.0 Å². The van der Waals surface area contributed by atoms with E-state index in [-0.39, 0.29) is 10.5 Å². The van der Waals surface area contributed by atoms with Crippen LogP contribution >= 0.6 is 11.6 Å². The summed E-state index contributed by atoms with van der Waals surface area (Å²) < 4.78 is 27.2. The fraction of sp³-hybridized carbons (Fsp3) is 0.300. The zero-order valence-electron chi connectivity index (χ0n) is 15.9. The lowest BCUT2D eigenvalue weighted by Gasteiger charge is -2.26. The summed E-state index contributed by atoms with van der Waals surface area (Å²) in [7, 11) is -3.66. The molecule has 1 fully saturated rings. The van der Waals surface area contributed by atoms with E-state index < -0.39 is 21.8 Å². The molecular weight excluding hydrogens is 414 g/mol. The van der Waals surface area contributed by atoms with Crippen molar-refractivity contribution in [3.05, 3.63) is 64.2 Å². The maximum absolute atomic E-state index is 12.9. The van der Waals surface area contributed by atoms with Gasteiger partial charge in [-0.25, -0.2) is 8.42 Å². The molecule has 1 aliphatic rings. The Morgan fingerprint density at radius 3 is 2.21 bits per heavy atom. The van der Waals surface area contributed by atoms with Crippen molar-refractivity contribution < 1.29 is 18.0 Å². The number of nitrogens with one attached hydrogen (secondary N) is 2. The maximum atomic E-state index is 12.9. The standard InChI is InChI=1S/C20H22ClN3O4S/c1-14-5-10-17(29(27,28)24-11-3-2-4-12-24)13-18(14)20(26)23-22-19(25)15-6-8-16(21)9-7-15/h5-10,13H,2-4,11-12H2,1H3,(H,22,25)(H,23,26). The Labute approximate surface area is 175 Å². The third-order valence-electron chi connectivity index (χ3n) is 4.80. The van der Waals surface area contributed by atoms with Crippen LogP contribution in [0, 0.1) is 6.92 Å². The van der Waals surface area contributed by atoms with Crippen molar-refractivity contribution in [3.8, 4) is 0 Å². The molecule has 2 amide bonds. The van der Waals surface area contributed by atoms with Gasteiger partial charge < -0.3 is 0 Å². The molecule has 2 aromatic rings. The third kappa shape index (κ3) is 4.95. The molecule has 0 spiro atoms. The Hall–Kier alpha value is -2.42. The van der Waals surface area contributed by atoms with Gasteiger partial charge in [-0.1, -0.05) is 24.1 Å². The van der Waals surface area contributed by atoms with Gasteiger partial charge in [-0.05, 0) is 61.7 Å². The second-order valence-corrected chi connectivity index (χ2v) is 9.23. The highest BCUT2D eigenvalue weighted by Crippen LogP contribution is 2.22. The molecule has 1 heterocycles. The fourth-order valence-corrected chi connectivity index (χ4v) is 4.78. The minimum atomic E-state index is -3.66. The van der Waals surface area contributed by atoms with Gasteiger partial charge in [0.05, 0.1) is 4.90 Å². The van der Waals surface area contributed by atoms with E-state index in [1.165, 1.54) is 28.6 Å². The van der Waals surface area contributed by atoms with E-state index in [0.29, 0.717) is 29.2 Å². The van der Waals surface area contributed by atoms with E-state index in [0.717, 1.165) is 19.3 Å². The van der Waals surface area contributed by atoms with Gasteiger partial charge in [0.1, 0.15) is 0 Å². The first-order chi connectivity index (χ1) is 13.8. The van der Waals surface area contributed by atoms with Gasteiger partial charge in [0.2, 0.25) is 10.0 Å². The molecule has 29 heavy (non-hydrogen) atoms.